The van der Waals surface area contributed by atoms with Crippen LogP contribution < -0.4 is 5.32 Å². The lowest BCUT2D eigenvalue weighted by Gasteiger charge is -1.97. The summed E-state index contributed by atoms with van der Waals surface area (Å²) in [6.07, 6.45) is 6.46. The van der Waals surface area contributed by atoms with E-state index in [4.69, 9.17) is 0 Å². The molecular weight excluding hydrogens is 152 g/mol. The maximum Gasteiger partial charge on any atom is 0.222 e. The summed E-state index contributed by atoms with van der Waals surface area (Å²) in [5.74, 6) is 0.519. The Hall–Kier alpha value is -1.38. The molecule has 0 fully saturated rings. The van der Waals surface area contributed by atoms with E-state index in [2.05, 4.69) is 10.3 Å². The minimum Gasteiger partial charge on any atom is -0.311 e. The van der Waals surface area contributed by atoms with Crippen LogP contribution in [0.5, 0.6) is 0 Å². The molecule has 0 atom stereocenters. The fraction of sp³-hybridized carbons (Fsp3) is 0.333. The first-order valence-corrected chi connectivity index (χ1v) is 3.86. The molecule has 12 heavy (non-hydrogen) atoms. The Kier molecular flexibility index (Phi) is 2.80. The molecule has 1 rings (SSSR count). The van der Waals surface area contributed by atoms with Gasteiger partial charge < -0.3 is 5.32 Å². The van der Waals surface area contributed by atoms with Crippen LogP contribution in [0.1, 0.15) is 20.3 Å². The van der Waals surface area contributed by atoms with Gasteiger partial charge in [-0.25, -0.2) is 4.99 Å². The number of allylic oxidation sites excluding steroid dienone is 2. The third-order valence-electron chi connectivity index (χ3n) is 1.44. The maximum atomic E-state index is 10.7. The molecule has 0 aromatic rings. The zero-order valence-corrected chi connectivity index (χ0v) is 7.29. The summed E-state index contributed by atoms with van der Waals surface area (Å²) in [6.45, 7) is 3.47. The number of amides is 1. The minimum absolute atomic E-state index is 0.0913. The summed E-state index contributed by atoms with van der Waals surface area (Å²) in [5, 5.41) is 2.62. The molecule has 0 saturated carbocycles. The topological polar surface area (TPSA) is 41.5 Å². The Morgan fingerprint density at radius 2 is 2.42 bits per heavy atom. The highest BCUT2D eigenvalue weighted by Crippen LogP contribution is 2.04. The van der Waals surface area contributed by atoms with Crippen LogP contribution in [-0.4, -0.2) is 11.7 Å². The van der Waals surface area contributed by atoms with Crippen molar-refractivity contribution in [3.63, 3.8) is 0 Å². The molecule has 0 radical (unpaired) electrons. The van der Waals surface area contributed by atoms with Crippen molar-refractivity contribution in [2.24, 2.45) is 4.99 Å². The second kappa shape index (κ2) is 3.85. The fourth-order valence-electron chi connectivity index (χ4n) is 0.886. The zero-order valence-electron chi connectivity index (χ0n) is 7.29. The molecule has 1 aliphatic heterocycles. The molecule has 1 N–H and O–H groups in total. The number of carbonyl (C=O) groups excluding carboxylic acids is 1. The standard InChI is InChI=1S/C9H12N2O/c1-7-4-3-5-9(10-6-7)11-8(2)12/h3,5-6H,4H2,1-2H3,(H,10,11,12). The van der Waals surface area contributed by atoms with E-state index < -0.39 is 0 Å². The third kappa shape index (κ3) is 2.70. The normalized spacial score (nSPS) is 16.2. The molecule has 3 nitrogen and oxygen atoms in total. The van der Waals surface area contributed by atoms with Crippen molar-refractivity contribution in [3.8, 4) is 0 Å². The van der Waals surface area contributed by atoms with E-state index in [0.29, 0.717) is 5.84 Å². The van der Waals surface area contributed by atoms with Crippen LogP contribution in [0.25, 0.3) is 0 Å². The molecule has 0 spiro atoms. The van der Waals surface area contributed by atoms with E-state index in [1.165, 1.54) is 12.5 Å². The smallest absolute Gasteiger partial charge is 0.222 e. The van der Waals surface area contributed by atoms with E-state index in [1.54, 1.807) is 6.20 Å². The van der Waals surface area contributed by atoms with Crippen molar-refractivity contribution in [2.75, 3.05) is 0 Å². The van der Waals surface area contributed by atoms with E-state index in [0.717, 1.165) is 6.42 Å². The zero-order chi connectivity index (χ0) is 8.97. The molecule has 3 heteroatoms. The molecular formula is C9H12N2O. The Morgan fingerprint density at radius 3 is 3.08 bits per heavy atom. The van der Waals surface area contributed by atoms with Gasteiger partial charge in [0.05, 0.1) is 0 Å². The van der Waals surface area contributed by atoms with Crippen LogP contribution in [0.15, 0.2) is 28.9 Å². The number of carbonyl (C=O) groups is 1. The first kappa shape index (κ1) is 8.71. The summed E-state index contributed by atoms with van der Waals surface area (Å²) < 4.78 is 0. The van der Waals surface area contributed by atoms with Crippen LogP contribution in [0, 0.1) is 0 Å². The summed E-state index contributed by atoms with van der Waals surface area (Å²) in [7, 11) is 0. The van der Waals surface area contributed by atoms with Crippen molar-refractivity contribution in [3.05, 3.63) is 23.9 Å². The van der Waals surface area contributed by atoms with Gasteiger partial charge >= 0.3 is 0 Å². The number of amidine groups is 1. The lowest BCUT2D eigenvalue weighted by atomic mass is 10.2. The molecule has 0 saturated heterocycles. The van der Waals surface area contributed by atoms with Crippen molar-refractivity contribution in [2.45, 2.75) is 20.3 Å². The van der Waals surface area contributed by atoms with Gasteiger partial charge in [-0.1, -0.05) is 11.6 Å². The summed E-state index contributed by atoms with van der Waals surface area (Å²) in [5.41, 5.74) is 1.19. The van der Waals surface area contributed by atoms with Gasteiger partial charge in [-0.2, -0.15) is 0 Å². The van der Waals surface area contributed by atoms with E-state index >= 15 is 0 Å². The predicted molar refractivity (Wildman–Crippen MR) is 48.8 cm³/mol. The quantitative estimate of drug-likeness (QED) is 0.577. The molecule has 0 aromatic carbocycles. The maximum absolute atomic E-state index is 10.7. The molecule has 0 unspecified atom stereocenters. The minimum atomic E-state index is -0.0913. The van der Waals surface area contributed by atoms with Crippen LogP contribution in [-0.2, 0) is 4.79 Å². The van der Waals surface area contributed by atoms with Gasteiger partial charge in [0.15, 0.2) is 0 Å². The van der Waals surface area contributed by atoms with Crippen molar-refractivity contribution >= 4 is 11.7 Å². The number of nitrogens with one attached hydrogen (secondary N) is 1. The Balaban J connectivity index is 2.70. The van der Waals surface area contributed by atoms with Crippen LogP contribution in [0.4, 0.5) is 0 Å². The van der Waals surface area contributed by atoms with Gasteiger partial charge in [0, 0.05) is 13.1 Å². The number of rotatable bonds is 0. The highest BCUT2D eigenvalue weighted by Gasteiger charge is 1.98. The molecule has 1 amide bonds. The van der Waals surface area contributed by atoms with Crippen molar-refractivity contribution in [1.82, 2.24) is 5.32 Å². The second-order valence-corrected chi connectivity index (χ2v) is 2.78. The van der Waals surface area contributed by atoms with Gasteiger partial charge in [0.1, 0.15) is 5.84 Å². The van der Waals surface area contributed by atoms with Crippen molar-refractivity contribution in [1.29, 1.82) is 0 Å². The van der Waals surface area contributed by atoms with Gasteiger partial charge in [-0.15, -0.1) is 0 Å². The molecule has 1 aliphatic rings. The largest absolute Gasteiger partial charge is 0.311 e. The average Bonchev–Trinajstić information content (AvgIpc) is 2.15. The van der Waals surface area contributed by atoms with Crippen LogP contribution in [0.2, 0.25) is 0 Å². The molecule has 1 heterocycles. The first-order chi connectivity index (χ1) is 5.68. The van der Waals surface area contributed by atoms with Crippen molar-refractivity contribution < 1.29 is 4.79 Å². The Labute approximate surface area is 71.9 Å². The second-order valence-electron chi connectivity index (χ2n) is 2.78. The van der Waals surface area contributed by atoms with Crippen LogP contribution >= 0.6 is 0 Å². The van der Waals surface area contributed by atoms with Gasteiger partial charge in [0.2, 0.25) is 5.91 Å². The molecule has 0 aromatic heterocycles. The number of hydrogen-bond donors (Lipinski definition) is 1. The third-order valence-corrected chi connectivity index (χ3v) is 1.44. The highest BCUT2D eigenvalue weighted by molar-refractivity contribution is 6.04. The lowest BCUT2D eigenvalue weighted by molar-refractivity contribution is -0.117. The SMILES string of the molecule is CC(=O)NC1=NC=C(C)CC=C1. The van der Waals surface area contributed by atoms with Gasteiger partial charge in [0.25, 0.3) is 0 Å². The molecule has 64 valence electrons. The molecule has 0 bridgehead atoms. The Bertz CT molecular complexity index is 274. The van der Waals surface area contributed by atoms with E-state index in [-0.39, 0.29) is 5.91 Å². The summed E-state index contributed by atoms with van der Waals surface area (Å²) in [6, 6.07) is 0. The fourth-order valence-corrected chi connectivity index (χ4v) is 0.886. The number of nitrogens with zero attached hydrogens (tertiary/aromatic N) is 1. The monoisotopic (exact) mass is 164 g/mol. The number of hydrogen-bond acceptors (Lipinski definition) is 2. The van der Waals surface area contributed by atoms with E-state index in [9.17, 15) is 4.79 Å². The predicted octanol–water partition coefficient (Wildman–Crippen LogP) is 1.38. The van der Waals surface area contributed by atoms with Gasteiger partial charge in [-0.3, -0.25) is 4.79 Å². The van der Waals surface area contributed by atoms with Crippen LogP contribution in [0.3, 0.4) is 0 Å². The summed E-state index contributed by atoms with van der Waals surface area (Å²) in [4.78, 5) is 14.7. The molecule has 0 aliphatic carbocycles. The number of aliphatic imine (C=N–C) groups is 1. The lowest BCUT2D eigenvalue weighted by Crippen LogP contribution is -2.25. The Morgan fingerprint density at radius 1 is 1.67 bits per heavy atom. The van der Waals surface area contributed by atoms with E-state index in [1.807, 2.05) is 19.1 Å². The average molecular weight is 164 g/mol. The first-order valence-electron chi connectivity index (χ1n) is 3.86. The highest BCUT2D eigenvalue weighted by atomic mass is 16.1. The summed E-state index contributed by atoms with van der Waals surface area (Å²) >= 11 is 0. The van der Waals surface area contributed by atoms with Gasteiger partial charge in [-0.05, 0) is 19.4 Å².